The summed E-state index contributed by atoms with van der Waals surface area (Å²) in [6.07, 6.45) is 6.28. The largest absolute Gasteiger partial charge is 0.471 e. The number of thioether (sulfide) groups is 1. The van der Waals surface area contributed by atoms with E-state index in [0.717, 1.165) is 31.8 Å². The zero-order valence-corrected chi connectivity index (χ0v) is 13.5. The lowest BCUT2D eigenvalue weighted by molar-refractivity contribution is 0.0895. The number of nitrogens with zero attached hydrogens (tertiary/aromatic N) is 3. The molecule has 6 heteroatoms. The summed E-state index contributed by atoms with van der Waals surface area (Å²) in [6, 6.07) is 7.05. The van der Waals surface area contributed by atoms with Gasteiger partial charge in [0.1, 0.15) is 6.10 Å². The van der Waals surface area contributed by atoms with E-state index in [2.05, 4.69) is 20.9 Å². The van der Waals surface area contributed by atoms with Crippen LogP contribution in [0.5, 0.6) is 5.88 Å². The monoisotopic (exact) mass is 331 g/mol. The fourth-order valence-electron chi connectivity index (χ4n) is 3.34. The van der Waals surface area contributed by atoms with Gasteiger partial charge in [-0.25, -0.2) is 9.37 Å². The summed E-state index contributed by atoms with van der Waals surface area (Å²) in [5.74, 6) is 0.642. The molecule has 4 heterocycles. The number of hydrogen-bond donors (Lipinski definition) is 0. The molecule has 0 N–H and O–H groups in total. The Kier molecular flexibility index (Phi) is 3.95. The lowest BCUT2D eigenvalue weighted by Gasteiger charge is -2.47. The van der Waals surface area contributed by atoms with Gasteiger partial charge in [0, 0.05) is 55.1 Å². The van der Waals surface area contributed by atoms with E-state index in [9.17, 15) is 4.39 Å². The summed E-state index contributed by atoms with van der Waals surface area (Å²) in [5, 5.41) is 0. The quantitative estimate of drug-likeness (QED) is 0.861. The highest BCUT2D eigenvalue weighted by molar-refractivity contribution is 8.01. The molecular weight excluding hydrogens is 313 g/mol. The van der Waals surface area contributed by atoms with Gasteiger partial charge in [-0.15, -0.1) is 11.8 Å². The van der Waals surface area contributed by atoms with Gasteiger partial charge in [-0.1, -0.05) is 6.07 Å². The molecule has 0 amide bonds. The molecule has 2 fully saturated rings. The SMILES string of the molecule is Fc1cccnc1OC1CSC2(C1)CN(Cc1cccnc1)C2. The van der Waals surface area contributed by atoms with E-state index in [1.54, 1.807) is 18.5 Å². The standard InChI is InChI=1S/C17H18FN3OS/c18-15-4-2-6-20-16(15)22-14-7-17(23-10-14)11-21(12-17)9-13-3-1-5-19-8-13/h1-6,8,14H,7,9-12H2. The average Bonchev–Trinajstić information content (AvgIpc) is 2.94. The second-order valence-electron chi connectivity index (χ2n) is 6.23. The molecule has 4 nitrogen and oxygen atoms in total. The van der Waals surface area contributed by atoms with Gasteiger partial charge < -0.3 is 4.74 Å². The summed E-state index contributed by atoms with van der Waals surface area (Å²) < 4.78 is 19.6. The summed E-state index contributed by atoms with van der Waals surface area (Å²) >= 11 is 1.95. The van der Waals surface area contributed by atoms with Gasteiger partial charge in [0.05, 0.1) is 0 Å². The fraction of sp³-hybridized carbons (Fsp3) is 0.412. The third-order valence-corrected chi connectivity index (χ3v) is 5.91. The first-order valence-electron chi connectivity index (χ1n) is 7.75. The Balaban J connectivity index is 1.31. The van der Waals surface area contributed by atoms with Crippen molar-refractivity contribution in [3.63, 3.8) is 0 Å². The van der Waals surface area contributed by atoms with Gasteiger partial charge in [0.15, 0.2) is 5.82 Å². The van der Waals surface area contributed by atoms with Crippen LogP contribution < -0.4 is 4.74 Å². The van der Waals surface area contributed by atoms with Crippen molar-refractivity contribution in [1.29, 1.82) is 0 Å². The van der Waals surface area contributed by atoms with Crippen LogP contribution in [0.25, 0.3) is 0 Å². The smallest absolute Gasteiger partial charge is 0.250 e. The van der Waals surface area contributed by atoms with Crippen molar-refractivity contribution >= 4 is 11.8 Å². The first-order chi connectivity index (χ1) is 11.2. The van der Waals surface area contributed by atoms with Crippen LogP contribution in [0.1, 0.15) is 12.0 Å². The van der Waals surface area contributed by atoms with Gasteiger partial charge in [-0.2, -0.15) is 0 Å². The molecule has 120 valence electrons. The molecule has 0 aliphatic carbocycles. The molecule has 2 aliphatic rings. The maximum absolute atomic E-state index is 13.6. The van der Waals surface area contributed by atoms with E-state index in [0.29, 0.717) is 0 Å². The maximum atomic E-state index is 13.6. The maximum Gasteiger partial charge on any atom is 0.250 e. The van der Waals surface area contributed by atoms with Crippen molar-refractivity contribution in [3.8, 4) is 5.88 Å². The summed E-state index contributed by atoms with van der Waals surface area (Å²) in [5.41, 5.74) is 1.24. The zero-order valence-electron chi connectivity index (χ0n) is 12.7. The molecule has 1 unspecified atom stereocenters. The summed E-state index contributed by atoms with van der Waals surface area (Å²) in [4.78, 5) is 10.6. The van der Waals surface area contributed by atoms with Crippen LogP contribution in [0, 0.1) is 5.82 Å². The third kappa shape index (κ3) is 3.19. The number of halogens is 1. The topological polar surface area (TPSA) is 38.2 Å². The molecule has 0 bridgehead atoms. The number of ether oxygens (including phenoxy) is 1. The van der Waals surface area contributed by atoms with E-state index < -0.39 is 0 Å². The predicted molar refractivity (Wildman–Crippen MR) is 87.9 cm³/mol. The van der Waals surface area contributed by atoms with E-state index in [4.69, 9.17) is 4.74 Å². The van der Waals surface area contributed by atoms with Gasteiger partial charge in [-0.3, -0.25) is 9.88 Å². The van der Waals surface area contributed by atoms with Crippen molar-refractivity contribution < 1.29 is 9.13 Å². The normalized spacial score (nSPS) is 22.9. The molecule has 23 heavy (non-hydrogen) atoms. The second-order valence-corrected chi connectivity index (χ2v) is 7.72. The van der Waals surface area contributed by atoms with E-state index in [1.807, 2.05) is 24.0 Å². The Bertz CT molecular complexity index is 679. The first kappa shape index (κ1) is 14.9. The molecule has 0 saturated carbocycles. The van der Waals surface area contributed by atoms with Crippen molar-refractivity contribution in [2.45, 2.75) is 23.8 Å². The Labute approximate surface area is 139 Å². The summed E-state index contributed by atoms with van der Waals surface area (Å²) in [7, 11) is 0. The van der Waals surface area contributed by atoms with Crippen LogP contribution >= 0.6 is 11.8 Å². The fourth-order valence-corrected chi connectivity index (χ4v) is 4.92. The van der Waals surface area contributed by atoms with E-state index in [-0.39, 0.29) is 22.5 Å². The molecule has 2 saturated heterocycles. The molecule has 2 aromatic heterocycles. The second kappa shape index (κ2) is 6.09. The van der Waals surface area contributed by atoms with Crippen LogP contribution in [0.2, 0.25) is 0 Å². The highest BCUT2D eigenvalue weighted by Gasteiger charge is 2.49. The number of hydrogen-bond acceptors (Lipinski definition) is 5. The molecule has 1 spiro atoms. The van der Waals surface area contributed by atoms with Crippen LogP contribution in [-0.2, 0) is 6.54 Å². The Hall–Kier alpha value is -1.66. The van der Waals surface area contributed by atoms with Gasteiger partial charge >= 0.3 is 0 Å². The number of aromatic nitrogens is 2. The molecular formula is C17H18FN3OS. The zero-order chi connectivity index (χ0) is 15.7. The van der Waals surface area contributed by atoms with Crippen molar-refractivity contribution in [1.82, 2.24) is 14.9 Å². The third-order valence-electron chi connectivity index (χ3n) is 4.33. The Morgan fingerprint density at radius 2 is 2.17 bits per heavy atom. The molecule has 2 aliphatic heterocycles. The lowest BCUT2D eigenvalue weighted by atomic mass is 9.92. The Morgan fingerprint density at radius 3 is 2.96 bits per heavy atom. The van der Waals surface area contributed by atoms with E-state index in [1.165, 1.54) is 11.6 Å². The van der Waals surface area contributed by atoms with Crippen LogP contribution in [-0.4, -0.2) is 44.6 Å². The number of likely N-dealkylation sites (tertiary alicyclic amines) is 1. The minimum absolute atomic E-state index is 0.0462. The molecule has 0 radical (unpaired) electrons. The molecule has 0 aromatic carbocycles. The van der Waals surface area contributed by atoms with Crippen LogP contribution in [0.4, 0.5) is 4.39 Å². The van der Waals surface area contributed by atoms with Crippen molar-refractivity contribution in [3.05, 3.63) is 54.2 Å². The summed E-state index contributed by atoms with van der Waals surface area (Å²) in [6.45, 7) is 3.05. The highest BCUT2D eigenvalue weighted by atomic mass is 32.2. The van der Waals surface area contributed by atoms with E-state index >= 15 is 0 Å². The number of pyridine rings is 2. The molecule has 4 rings (SSSR count). The molecule has 2 aromatic rings. The van der Waals surface area contributed by atoms with Crippen molar-refractivity contribution in [2.24, 2.45) is 0 Å². The minimum Gasteiger partial charge on any atom is -0.471 e. The average molecular weight is 331 g/mol. The van der Waals surface area contributed by atoms with Gasteiger partial charge in [-0.05, 0) is 23.8 Å². The Morgan fingerprint density at radius 1 is 1.30 bits per heavy atom. The first-order valence-corrected chi connectivity index (χ1v) is 8.73. The number of rotatable bonds is 4. The predicted octanol–water partition coefficient (Wildman–Crippen LogP) is 2.75. The van der Waals surface area contributed by atoms with Gasteiger partial charge in [0.25, 0.3) is 5.88 Å². The minimum atomic E-state index is -0.384. The highest BCUT2D eigenvalue weighted by Crippen LogP contribution is 2.46. The lowest BCUT2D eigenvalue weighted by Crippen LogP contribution is -2.58. The van der Waals surface area contributed by atoms with Crippen molar-refractivity contribution in [2.75, 3.05) is 18.8 Å². The van der Waals surface area contributed by atoms with Crippen LogP contribution in [0.15, 0.2) is 42.9 Å². The van der Waals surface area contributed by atoms with Crippen LogP contribution in [0.3, 0.4) is 0 Å². The van der Waals surface area contributed by atoms with Gasteiger partial charge in [0.2, 0.25) is 0 Å². The molecule has 1 atom stereocenters.